The van der Waals surface area contributed by atoms with Gasteiger partial charge in [-0.1, -0.05) is 0 Å². The smallest absolute Gasteiger partial charge is 0.337 e. The number of benzene rings is 1. The lowest BCUT2D eigenvalue weighted by molar-refractivity contribution is -0.143. The molecular weight excluding hydrogens is 316 g/mol. The molecule has 0 saturated heterocycles. The molecule has 0 aliphatic carbocycles. The summed E-state index contributed by atoms with van der Waals surface area (Å²) in [6, 6.07) is 0.394. The highest BCUT2D eigenvalue weighted by Crippen LogP contribution is 2.36. The maximum atomic E-state index is 12.6. The van der Waals surface area contributed by atoms with Gasteiger partial charge in [-0.3, -0.25) is 0 Å². The van der Waals surface area contributed by atoms with Gasteiger partial charge in [-0.05, 0) is 23.8 Å². The van der Waals surface area contributed by atoms with E-state index >= 15 is 0 Å². The minimum Gasteiger partial charge on any atom is -0.337 e. The molecule has 0 atom stereocenters. The van der Waals surface area contributed by atoms with Crippen molar-refractivity contribution in [2.75, 3.05) is 13.1 Å². The largest absolute Gasteiger partial charge is 0.416 e. The number of urea groups is 1. The first kappa shape index (κ1) is 18.1. The van der Waals surface area contributed by atoms with Gasteiger partial charge >= 0.3 is 18.4 Å². The SMILES string of the molecule is NCCNC(=O)NCc1cc(C(F)(F)F)cc(C(F)(F)F)c1. The van der Waals surface area contributed by atoms with Crippen LogP contribution in [0.25, 0.3) is 0 Å². The third kappa shape index (κ3) is 5.43. The van der Waals surface area contributed by atoms with Crippen LogP contribution >= 0.6 is 0 Å². The van der Waals surface area contributed by atoms with Crippen molar-refractivity contribution in [3.63, 3.8) is 0 Å². The molecule has 0 aliphatic rings. The van der Waals surface area contributed by atoms with Crippen LogP contribution in [0.1, 0.15) is 16.7 Å². The predicted molar refractivity (Wildman–Crippen MR) is 65.7 cm³/mol. The van der Waals surface area contributed by atoms with Gasteiger partial charge in [0.05, 0.1) is 11.1 Å². The predicted octanol–water partition coefficient (Wildman–Crippen LogP) is 2.48. The molecule has 0 saturated carbocycles. The number of hydrogen-bond acceptors (Lipinski definition) is 2. The van der Waals surface area contributed by atoms with Crippen molar-refractivity contribution in [3.05, 3.63) is 34.9 Å². The molecule has 0 heterocycles. The highest BCUT2D eigenvalue weighted by atomic mass is 19.4. The summed E-state index contributed by atoms with van der Waals surface area (Å²) >= 11 is 0. The van der Waals surface area contributed by atoms with Gasteiger partial charge in [0.1, 0.15) is 0 Å². The lowest BCUT2D eigenvalue weighted by atomic mass is 10.0. The molecule has 22 heavy (non-hydrogen) atoms. The first-order valence-corrected chi connectivity index (χ1v) is 6.04. The van der Waals surface area contributed by atoms with Gasteiger partial charge in [0.25, 0.3) is 0 Å². The molecule has 0 aromatic heterocycles. The van der Waals surface area contributed by atoms with E-state index in [0.29, 0.717) is 12.1 Å². The molecule has 10 heteroatoms. The van der Waals surface area contributed by atoms with Crippen molar-refractivity contribution in [1.82, 2.24) is 10.6 Å². The Balaban J connectivity index is 2.96. The zero-order valence-corrected chi connectivity index (χ0v) is 11.1. The van der Waals surface area contributed by atoms with Crippen molar-refractivity contribution in [1.29, 1.82) is 0 Å². The minimum atomic E-state index is -4.92. The molecule has 0 bridgehead atoms. The van der Waals surface area contributed by atoms with Crippen molar-refractivity contribution in [2.24, 2.45) is 5.73 Å². The van der Waals surface area contributed by atoms with Crippen molar-refractivity contribution in [3.8, 4) is 0 Å². The second-order valence-corrected chi connectivity index (χ2v) is 4.31. The third-order valence-electron chi connectivity index (χ3n) is 2.53. The summed E-state index contributed by atoms with van der Waals surface area (Å²) in [6.07, 6.45) is -9.84. The van der Waals surface area contributed by atoms with Gasteiger partial charge in [0.2, 0.25) is 0 Å². The Hall–Kier alpha value is -1.97. The van der Waals surface area contributed by atoms with Gasteiger partial charge in [-0.25, -0.2) is 4.79 Å². The fourth-order valence-electron chi connectivity index (χ4n) is 1.55. The lowest BCUT2D eigenvalue weighted by Gasteiger charge is -2.14. The Bertz CT molecular complexity index is 494. The molecule has 1 rings (SSSR count). The average Bonchev–Trinajstić information content (AvgIpc) is 2.40. The van der Waals surface area contributed by atoms with Crippen molar-refractivity contribution < 1.29 is 31.1 Å². The molecule has 2 amide bonds. The van der Waals surface area contributed by atoms with E-state index in [0.717, 1.165) is 0 Å². The van der Waals surface area contributed by atoms with E-state index in [-0.39, 0.29) is 24.7 Å². The topological polar surface area (TPSA) is 67.1 Å². The van der Waals surface area contributed by atoms with E-state index in [9.17, 15) is 31.1 Å². The number of nitrogens with one attached hydrogen (secondary N) is 2. The van der Waals surface area contributed by atoms with Crippen LogP contribution in [-0.4, -0.2) is 19.1 Å². The standard InChI is InChI=1S/C12H13F6N3O/c13-11(14,15)8-3-7(4-9(5-8)12(16,17)18)6-21-10(22)20-2-1-19/h3-5H,1-2,6,19H2,(H2,20,21,22). The van der Waals surface area contributed by atoms with Gasteiger partial charge in [0.15, 0.2) is 0 Å². The third-order valence-corrected chi connectivity index (χ3v) is 2.53. The molecular formula is C12H13F6N3O. The van der Waals surface area contributed by atoms with Crippen LogP contribution in [0.5, 0.6) is 0 Å². The molecule has 0 radical (unpaired) electrons. The van der Waals surface area contributed by atoms with Crippen LogP contribution in [-0.2, 0) is 18.9 Å². The summed E-state index contributed by atoms with van der Waals surface area (Å²) in [5, 5.41) is 4.42. The van der Waals surface area contributed by atoms with Gasteiger partial charge in [-0.15, -0.1) is 0 Å². The molecule has 1 aromatic carbocycles. The lowest BCUT2D eigenvalue weighted by Crippen LogP contribution is -2.37. The molecule has 124 valence electrons. The second kappa shape index (κ2) is 6.86. The van der Waals surface area contributed by atoms with Gasteiger partial charge < -0.3 is 16.4 Å². The number of amides is 2. The summed E-state index contributed by atoms with van der Waals surface area (Å²) in [7, 11) is 0. The molecule has 4 N–H and O–H groups in total. The Morgan fingerprint density at radius 3 is 1.86 bits per heavy atom. The minimum absolute atomic E-state index is 0.0258. The summed E-state index contributed by atoms with van der Waals surface area (Å²) < 4.78 is 75.7. The van der Waals surface area contributed by atoms with E-state index in [2.05, 4.69) is 10.6 Å². The number of rotatable bonds is 4. The molecule has 0 aliphatic heterocycles. The quantitative estimate of drug-likeness (QED) is 0.743. The van der Waals surface area contributed by atoms with Gasteiger partial charge in [-0.2, -0.15) is 26.3 Å². The van der Waals surface area contributed by atoms with Gasteiger partial charge in [0, 0.05) is 19.6 Å². The Morgan fingerprint density at radius 2 is 1.45 bits per heavy atom. The van der Waals surface area contributed by atoms with Crippen molar-refractivity contribution >= 4 is 6.03 Å². The highest BCUT2D eigenvalue weighted by molar-refractivity contribution is 5.73. The molecule has 0 fully saturated rings. The van der Waals surface area contributed by atoms with E-state index in [4.69, 9.17) is 5.73 Å². The zero-order valence-electron chi connectivity index (χ0n) is 11.1. The van der Waals surface area contributed by atoms with E-state index in [1.54, 1.807) is 0 Å². The first-order valence-electron chi connectivity index (χ1n) is 6.04. The highest BCUT2D eigenvalue weighted by Gasteiger charge is 2.36. The van der Waals surface area contributed by atoms with Crippen LogP contribution in [0.4, 0.5) is 31.1 Å². The monoisotopic (exact) mass is 329 g/mol. The number of hydrogen-bond donors (Lipinski definition) is 3. The van der Waals surface area contributed by atoms with Crippen molar-refractivity contribution in [2.45, 2.75) is 18.9 Å². The van der Waals surface area contributed by atoms with E-state index in [1.807, 2.05) is 0 Å². The van der Waals surface area contributed by atoms with Crippen LogP contribution in [0.2, 0.25) is 0 Å². The summed E-state index contributed by atoms with van der Waals surface area (Å²) in [4.78, 5) is 11.2. The summed E-state index contributed by atoms with van der Waals surface area (Å²) in [5.41, 5.74) is 1.95. The fraction of sp³-hybridized carbons (Fsp3) is 0.417. The Kier molecular flexibility index (Phi) is 5.64. The van der Waals surface area contributed by atoms with Crippen LogP contribution in [0.3, 0.4) is 0 Å². The summed E-state index contributed by atoms with van der Waals surface area (Å²) in [6.45, 7) is -0.208. The number of alkyl halides is 6. The second-order valence-electron chi connectivity index (χ2n) is 4.31. The molecule has 4 nitrogen and oxygen atoms in total. The normalized spacial score (nSPS) is 12.1. The summed E-state index contributed by atoms with van der Waals surface area (Å²) in [5.74, 6) is 0. The molecule has 0 unspecified atom stereocenters. The molecule has 1 aromatic rings. The fourth-order valence-corrected chi connectivity index (χ4v) is 1.55. The number of carbonyl (C=O) groups is 1. The maximum Gasteiger partial charge on any atom is 0.416 e. The average molecular weight is 329 g/mol. The van der Waals surface area contributed by atoms with Crippen LogP contribution in [0, 0.1) is 0 Å². The zero-order chi connectivity index (χ0) is 17.0. The first-order chi connectivity index (χ1) is 10.0. The molecule has 0 spiro atoms. The van der Waals surface area contributed by atoms with Crippen LogP contribution in [0.15, 0.2) is 18.2 Å². The Morgan fingerprint density at radius 1 is 0.955 bits per heavy atom. The number of carbonyl (C=O) groups excluding carboxylic acids is 1. The van der Waals surface area contributed by atoms with Crippen LogP contribution < -0.4 is 16.4 Å². The Labute approximate surface area is 121 Å². The number of nitrogens with two attached hydrogens (primary N) is 1. The van der Waals surface area contributed by atoms with E-state index in [1.165, 1.54) is 0 Å². The number of halogens is 6. The maximum absolute atomic E-state index is 12.6. The van der Waals surface area contributed by atoms with E-state index < -0.39 is 36.1 Å².